The number of halogens is 3. The molecule has 0 saturated carbocycles. The quantitative estimate of drug-likeness (QED) is 0.560. The zero-order chi connectivity index (χ0) is 15.4. The Balaban J connectivity index is 2.10. The van der Waals surface area contributed by atoms with Gasteiger partial charge in [0.15, 0.2) is 0 Å². The molecular weight excluding hydrogens is 423 g/mol. The maximum Gasteiger partial charge on any atom is 0.272 e. The number of rotatable bonds is 3. The van der Waals surface area contributed by atoms with Gasteiger partial charge in [-0.1, -0.05) is 23.7 Å². The molecular formula is C14H9Br2ClN2O2. The molecule has 21 heavy (non-hydrogen) atoms. The molecule has 2 rings (SSSR count). The fourth-order valence-electron chi connectivity index (χ4n) is 1.53. The second kappa shape index (κ2) is 7.06. The van der Waals surface area contributed by atoms with Crippen LogP contribution in [0, 0.1) is 0 Å². The first-order chi connectivity index (χ1) is 9.99. The Bertz CT molecular complexity index is 697. The number of hydrazone groups is 1. The standard InChI is InChI=1S/C14H9Br2ClN2O2/c15-10-5-8(6-11(16)13(10)20)7-18-19-14(21)9-3-1-2-4-12(9)17/h1-7,20H,(H,19,21)/b18-7+. The lowest BCUT2D eigenvalue weighted by molar-refractivity contribution is 0.0955. The number of carbonyl (C=O) groups excluding carboxylic acids is 1. The molecule has 2 aromatic rings. The van der Waals surface area contributed by atoms with Crippen LogP contribution >= 0.6 is 43.5 Å². The highest BCUT2D eigenvalue weighted by atomic mass is 79.9. The first-order valence-corrected chi connectivity index (χ1v) is 7.71. The molecule has 4 nitrogen and oxygen atoms in total. The number of hydrogen-bond acceptors (Lipinski definition) is 3. The van der Waals surface area contributed by atoms with Crippen LogP contribution in [0.5, 0.6) is 5.75 Å². The van der Waals surface area contributed by atoms with Crippen molar-refractivity contribution >= 4 is 55.6 Å². The molecule has 0 unspecified atom stereocenters. The van der Waals surface area contributed by atoms with E-state index in [1.807, 2.05) is 0 Å². The van der Waals surface area contributed by atoms with Gasteiger partial charge in [-0.15, -0.1) is 0 Å². The van der Waals surface area contributed by atoms with Crippen molar-refractivity contribution in [2.24, 2.45) is 5.10 Å². The number of benzene rings is 2. The molecule has 0 aliphatic heterocycles. The molecule has 0 heterocycles. The first-order valence-electron chi connectivity index (χ1n) is 5.75. The van der Waals surface area contributed by atoms with Crippen LogP contribution < -0.4 is 5.43 Å². The topological polar surface area (TPSA) is 61.7 Å². The molecule has 7 heteroatoms. The molecule has 1 amide bonds. The summed E-state index contributed by atoms with van der Waals surface area (Å²) in [6.07, 6.45) is 1.46. The van der Waals surface area contributed by atoms with Gasteiger partial charge in [0.1, 0.15) is 5.75 Å². The van der Waals surface area contributed by atoms with E-state index in [9.17, 15) is 9.90 Å². The summed E-state index contributed by atoms with van der Waals surface area (Å²) >= 11 is 12.4. The summed E-state index contributed by atoms with van der Waals surface area (Å²) < 4.78 is 1.05. The van der Waals surface area contributed by atoms with Crippen LogP contribution in [0.1, 0.15) is 15.9 Å². The highest BCUT2D eigenvalue weighted by Crippen LogP contribution is 2.32. The minimum absolute atomic E-state index is 0.104. The van der Waals surface area contributed by atoms with Gasteiger partial charge in [0.2, 0.25) is 0 Å². The SMILES string of the molecule is O=C(N/N=C/c1cc(Br)c(O)c(Br)c1)c1ccccc1Cl. The van der Waals surface area contributed by atoms with Gasteiger partial charge in [-0.2, -0.15) is 5.10 Å². The van der Waals surface area contributed by atoms with Gasteiger partial charge in [-0.05, 0) is 61.7 Å². The van der Waals surface area contributed by atoms with E-state index in [1.54, 1.807) is 36.4 Å². The Morgan fingerprint density at radius 2 is 1.86 bits per heavy atom. The molecule has 2 N–H and O–H groups in total. The molecule has 0 aliphatic rings. The van der Waals surface area contributed by atoms with Crippen LogP contribution in [0.4, 0.5) is 0 Å². The molecule has 2 aromatic carbocycles. The predicted molar refractivity (Wildman–Crippen MR) is 90.0 cm³/mol. The van der Waals surface area contributed by atoms with Gasteiger partial charge in [-0.25, -0.2) is 5.43 Å². The van der Waals surface area contributed by atoms with Crippen molar-refractivity contribution in [2.75, 3.05) is 0 Å². The number of hydrogen-bond donors (Lipinski definition) is 2. The van der Waals surface area contributed by atoms with Gasteiger partial charge < -0.3 is 5.11 Å². The molecule has 0 fully saturated rings. The van der Waals surface area contributed by atoms with Crippen LogP contribution in [0.25, 0.3) is 0 Å². The Labute approximate surface area is 143 Å². The number of carbonyl (C=O) groups is 1. The third-order valence-corrected chi connectivity index (χ3v) is 4.08. The Morgan fingerprint density at radius 3 is 2.48 bits per heavy atom. The lowest BCUT2D eigenvalue weighted by Gasteiger charge is -2.03. The summed E-state index contributed by atoms with van der Waals surface area (Å²) in [6, 6.07) is 10.1. The van der Waals surface area contributed by atoms with Crippen molar-refractivity contribution < 1.29 is 9.90 Å². The molecule has 0 spiro atoms. The Hall–Kier alpha value is -1.37. The summed E-state index contributed by atoms with van der Waals surface area (Å²) in [4.78, 5) is 11.9. The van der Waals surface area contributed by atoms with Gasteiger partial charge in [0.25, 0.3) is 5.91 Å². The third kappa shape index (κ3) is 4.06. The number of nitrogens with zero attached hydrogens (tertiary/aromatic N) is 1. The second-order valence-electron chi connectivity index (χ2n) is 4.01. The summed E-state index contributed by atoms with van der Waals surface area (Å²) in [7, 11) is 0. The van der Waals surface area contributed by atoms with E-state index in [-0.39, 0.29) is 5.75 Å². The van der Waals surface area contributed by atoms with Gasteiger partial charge >= 0.3 is 0 Å². The van der Waals surface area contributed by atoms with E-state index in [1.165, 1.54) is 6.21 Å². The van der Waals surface area contributed by atoms with Crippen molar-refractivity contribution in [3.8, 4) is 5.75 Å². The van der Waals surface area contributed by atoms with Crippen LogP contribution in [0.15, 0.2) is 50.4 Å². The van der Waals surface area contributed by atoms with Crippen LogP contribution in [0.2, 0.25) is 5.02 Å². The molecule has 0 atom stereocenters. The van der Waals surface area contributed by atoms with Gasteiger partial charge in [0, 0.05) is 0 Å². The minimum atomic E-state index is -0.395. The summed E-state index contributed by atoms with van der Waals surface area (Å²) in [5.74, 6) is -0.291. The van der Waals surface area contributed by atoms with Crippen molar-refractivity contribution in [1.82, 2.24) is 5.43 Å². The lowest BCUT2D eigenvalue weighted by Crippen LogP contribution is -2.17. The van der Waals surface area contributed by atoms with E-state index in [4.69, 9.17) is 11.6 Å². The molecule has 0 bridgehead atoms. The second-order valence-corrected chi connectivity index (χ2v) is 6.13. The molecule has 0 aliphatic carbocycles. The summed E-state index contributed by atoms with van der Waals surface area (Å²) in [5, 5.41) is 13.8. The average molecular weight is 432 g/mol. The monoisotopic (exact) mass is 430 g/mol. The van der Waals surface area contributed by atoms with Gasteiger partial charge in [-0.3, -0.25) is 4.79 Å². The Kier molecular flexibility index (Phi) is 5.39. The van der Waals surface area contributed by atoms with Crippen LogP contribution in [-0.2, 0) is 0 Å². The van der Waals surface area contributed by atoms with Crippen LogP contribution in [-0.4, -0.2) is 17.2 Å². The van der Waals surface area contributed by atoms with Crippen molar-refractivity contribution in [2.45, 2.75) is 0 Å². The van der Waals surface area contributed by atoms with Crippen LogP contribution in [0.3, 0.4) is 0 Å². The Morgan fingerprint density at radius 1 is 1.24 bits per heavy atom. The predicted octanol–water partition coefficient (Wildman–Crippen LogP) is 4.33. The van der Waals surface area contributed by atoms with Gasteiger partial charge in [0.05, 0.1) is 25.7 Å². The number of phenolic OH excluding ortho intramolecular Hbond substituents is 1. The van der Waals surface area contributed by atoms with E-state index in [0.717, 1.165) is 0 Å². The highest BCUT2D eigenvalue weighted by Gasteiger charge is 2.08. The summed E-state index contributed by atoms with van der Waals surface area (Å²) in [5.41, 5.74) is 3.45. The smallest absolute Gasteiger partial charge is 0.272 e. The maximum atomic E-state index is 11.9. The molecule has 0 saturated heterocycles. The minimum Gasteiger partial charge on any atom is -0.506 e. The molecule has 108 valence electrons. The number of nitrogens with one attached hydrogen (secondary N) is 1. The fourth-order valence-corrected chi connectivity index (χ4v) is 2.97. The fraction of sp³-hybridized carbons (Fsp3) is 0. The zero-order valence-corrected chi connectivity index (χ0v) is 14.4. The lowest BCUT2D eigenvalue weighted by atomic mass is 10.2. The highest BCUT2D eigenvalue weighted by molar-refractivity contribution is 9.11. The third-order valence-electron chi connectivity index (χ3n) is 2.54. The van der Waals surface area contributed by atoms with E-state index in [2.05, 4.69) is 42.4 Å². The first kappa shape index (κ1) is 16.0. The average Bonchev–Trinajstić information content (AvgIpc) is 2.45. The van der Waals surface area contributed by atoms with Crippen molar-refractivity contribution in [1.29, 1.82) is 0 Å². The van der Waals surface area contributed by atoms with E-state index in [0.29, 0.717) is 25.1 Å². The maximum absolute atomic E-state index is 11.9. The van der Waals surface area contributed by atoms with Crippen molar-refractivity contribution in [3.05, 3.63) is 61.5 Å². The van der Waals surface area contributed by atoms with E-state index >= 15 is 0 Å². The zero-order valence-electron chi connectivity index (χ0n) is 10.5. The summed E-state index contributed by atoms with van der Waals surface area (Å²) in [6.45, 7) is 0. The molecule has 0 aromatic heterocycles. The number of aromatic hydroxyl groups is 1. The largest absolute Gasteiger partial charge is 0.506 e. The molecule has 0 radical (unpaired) electrons. The normalized spacial score (nSPS) is 10.8. The van der Waals surface area contributed by atoms with E-state index < -0.39 is 5.91 Å². The van der Waals surface area contributed by atoms with Crippen molar-refractivity contribution in [3.63, 3.8) is 0 Å². The number of amides is 1. The number of phenols is 1.